The number of hydrogen-bond donors (Lipinski definition) is 1. The number of nitrogens with zero attached hydrogens (tertiary/aromatic N) is 3. The van der Waals surface area contributed by atoms with Crippen LogP contribution in [0.25, 0.3) is 0 Å². The maximum absolute atomic E-state index is 10.3. The van der Waals surface area contributed by atoms with Crippen molar-refractivity contribution in [2.75, 3.05) is 0 Å². The van der Waals surface area contributed by atoms with Crippen molar-refractivity contribution >= 4 is 5.97 Å². The molecule has 0 aliphatic heterocycles. The highest BCUT2D eigenvalue weighted by atomic mass is 16.4. The Morgan fingerprint density at radius 1 is 1.62 bits per heavy atom. The summed E-state index contributed by atoms with van der Waals surface area (Å²) in [6.07, 6.45) is 1.66. The molecular formula is C8H13N3O2. The predicted molar refractivity (Wildman–Crippen MR) is 46.4 cm³/mol. The number of aromatic nitrogens is 3. The van der Waals surface area contributed by atoms with Gasteiger partial charge in [-0.1, -0.05) is 26.0 Å². The Labute approximate surface area is 76.4 Å². The van der Waals surface area contributed by atoms with E-state index in [2.05, 4.69) is 10.3 Å². The average Bonchev–Trinajstić information content (AvgIpc) is 2.32. The topological polar surface area (TPSA) is 68.0 Å². The molecule has 5 nitrogen and oxygen atoms in total. The van der Waals surface area contributed by atoms with Crippen LogP contribution < -0.4 is 0 Å². The monoisotopic (exact) mass is 183 g/mol. The zero-order chi connectivity index (χ0) is 10.1. The van der Waals surface area contributed by atoms with Gasteiger partial charge in [0.15, 0.2) is 0 Å². The van der Waals surface area contributed by atoms with Crippen molar-refractivity contribution in [3.63, 3.8) is 0 Å². The van der Waals surface area contributed by atoms with Crippen molar-refractivity contribution in [3.8, 4) is 0 Å². The molecule has 0 atom stereocenters. The Kier molecular flexibility index (Phi) is 2.36. The van der Waals surface area contributed by atoms with Gasteiger partial charge in [0, 0.05) is 11.6 Å². The Hall–Kier alpha value is -1.39. The first-order valence-corrected chi connectivity index (χ1v) is 4.02. The van der Waals surface area contributed by atoms with Crippen LogP contribution >= 0.6 is 0 Å². The summed E-state index contributed by atoms with van der Waals surface area (Å²) in [6.45, 7) is 5.87. The zero-order valence-electron chi connectivity index (χ0n) is 7.98. The third-order valence-corrected chi connectivity index (χ3v) is 1.60. The highest BCUT2D eigenvalue weighted by Crippen LogP contribution is 2.18. The molecule has 0 aromatic carbocycles. The van der Waals surface area contributed by atoms with E-state index < -0.39 is 5.97 Å². The molecule has 0 aliphatic carbocycles. The van der Waals surface area contributed by atoms with Gasteiger partial charge < -0.3 is 5.11 Å². The number of carboxylic acids is 1. The average molecular weight is 183 g/mol. The molecular weight excluding hydrogens is 170 g/mol. The second kappa shape index (κ2) is 3.16. The molecule has 0 fully saturated rings. The van der Waals surface area contributed by atoms with Gasteiger partial charge in [-0.25, -0.2) is 4.68 Å². The van der Waals surface area contributed by atoms with E-state index >= 15 is 0 Å². The van der Waals surface area contributed by atoms with E-state index in [-0.39, 0.29) is 12.0 Å². The molecule has 1 heterocycles. The molecule has 1 aromatic heterocycles. The standard InChI is InChI=1S/C8H13N3O2/c1-8(2,3)6-4-11(10-9-6)5-7(12)13/h4H,5H2,1-3H3,(H,12,13). The normalized spacial score (nSPS) is 11.6. The van der Waals surface area contributed by atoms with E-state index in [1.807, 2.05) is 20.8 Å². The van der Waals surface area contributed by atoms with Crippen molar-refractivity contribution in [2.24, 2.45) is 0 Å². The number of rotatable bonds is 2. The van der Waals surface area contributed by atoms with Crippen molar-refractivity contribution < 1.29 is 9.90 Å². The molecule has 5 heteroatoms. The molecule has 1 rings (SSSR count). The zero-order valence-corrected chi connectivity index (χ0v) is 7.98. The molecule has 0 bridgehead atoms. The lowest BCUT2D eigenvalue weighted by atomic mass is 9.93. The fourth-order valence-corrected chi connectivity index (χ4v) is 0.858. The number of carboxylic acid groups (broad SMARTS) is 1. The van der Waals surface area contributed by atoms with Crippen molar-refractivity contribution in [1.29, 1.82) is 0 Å². The second-order valence-electron chi connectivity index (χ2n) is 3.95. The van der Waals surface area contributed by atoms with Gasteiger partial charge in [-0.05, 0) is 0 Å². The van der Waals surface area contributed by atoms with Gasteiger partial charge in [0.05, 0.1) is 5.69 Å². The molecule has 13 heavy (non-hydrogen) atoms. The Balaban J connectivity index is 2.81. The molecule has 1 aromatic rings. The van der Waals surface area contributed by atoms with E-state index in [4.69, 9.17) is 5.11 Å². The number of aliphatic carboxylic acids is 1. The van der Waals surface area contributed by atoms with Gasteiger partial charge in [-0.3, -0.25) is 4.79 Å². The van der Waals surface area contributed by atoms with Gasteiger partial charge in [-0.2, -0.15) is 0 Å². The lowest BCUT2D eigenvalue weighted by Gasteiger charge is -2.12. The minimum atomic E-state index is -0.912. The fraction of sp³-hybridized carbons (Fsp3) is 0.625. The lowest BCUT2D eigenvalue weighted by molar-refractivity contribution is -0.137. The van der Waals surface area contributed by atoms with Crippen LogP contribution in [-0.4, -0.2) is 26.1 Å². The first-order chi connectivity index (χ1) is 5.89. The minimum absolute atomic E-state index is 0.0866. The Morgan fingerprint density at radius 3 is 2.62 bits per heavy atom. The van der Waals surface area contributed by atoms with Gasteiger partial charge in [-0.15, -0.1) is 5.10 Å². The van der Waals surface area contributed by atoms with E-state index in [1.165, 1.54) is 4.68 Å². The molecule has 0 spiro atoms. The first kappa shape index (κ1) is 9.70. The second-order valence-corrected chi connectivity index (χ2v) is 3.95. The van der Waals surface area contributed by atoms with Crippen molar-refractivity contribution in [1.82, 2.24) is 15.0 Å². The number of hydrogen-bond acceptors (Lipinski definition) is 3. The molecule has 0 saturated carbocycles. The van der Waals surface area contributed by atoms with E-state index in [9.17, 15) is 4.79 Å². The van der Waals surface area contributed by atoms with Crippen LogP contribution in [0.5, 0.6) is 0 Å². The molecule has 72 valence electrons. The predicted octanol–water partition coefficient (Wildman–Crippen LogP) is 0.660. The van der Waals surface area contributed by atoms with Crippen LogP contribution in [0, 0.1) is 0 Å². The largest absolute Gasteiger partial charge is 0.480 e. The quantitative estimate of drug-likeness (QED) is 0.731. The van der Waals surface area contributed by atoms with Crippen LogP contribution in [0.4, 0.5) is 0 Å². The highest BCUT2D eigenvalue weighted by Gasteiger charge is 2.18. The first-order valence-electron chi connectivity index (χ1n) is 4.02. The van der Waals surface area contributed by atoms with Gasteiger partial charge in [0.25, 0.3) is 0 Å². The summed E-state index contributed by atoms with van der Waals surface area (Å²) in [6, 6.07) is 0. The number of carbonyl (C=O) groups is 1. The van der Waals surface area contributed by atoms with Crippen LogP contribution in [0.1, 0.15) is 26.5 Å². The van der Waals surface area contributed by atoms with Crippen LogP contribution in [0.3, 0.4) is 0 Å². The maximum Gasteiger partial charge on any atom is 0.325 e. The minimum Gasteiger partial charge on any atom is -0.480 e. The molecule has 0 saturated heterocycles. The van der Waals surface area contributed by atoms with E-state index in [1.54, 1.807) is 6.20 Å². The smallest absolute Gasteiger partial charge is 0.325 e. The third-order valence-electron chi connectivity index (χ3n) is 1.60. The fourth-order valence-electron chi connectivity index (χ4n) is 0.858. The summed E-state index contributed by atoms with van der Waals surface area (Å²) >= 11 is 0. The van der Waals surface area contributed by atoms with Crippen LogP contribution in [-0.2, 0) is 16.8 Å². The Bertz CT molecular complexity index is 311. The van der Waals surface area contributed by atoms with Gasteiger partial charge in [0.1, 0.15) is 6.54 Å². The van der Waals surface area contributed by atoms with E-state index in [0.717, 1.165) is 5.69 Å². The van der Waals surface area contributed by atoms with Gasteiger partial charge in [0.2, 0.25) is 0 Å². The third kappa shape index (κ3) is 2.54. The lowest BCUT2D eigenvalue weighted by Crippen LogP contribution is -2.12. The molecule has 0 radical (unpaired) electrons. The van der Waals surface area contributed by atoms with E-state index in [0.29, 0.717) is 0 Å². The maximum atomic E-state index is 10.3. The van der Waals surface area contributed by atoms with Crippen molar-refractivity contribution in [2.45, 2.75) is 32.7 Å². The molecule has 0 amide bonds. The van der Waals surface area contributed by atoms with Crippen LogP contribution in [0.2, 0.25) is 0 Å². The van der Waals surface area contributed by atoms with Crippen molar-refractivity contribution in [3.05, 3.63) is 11.9 Å². The molecule has 0 aliphatic rings. The molecule has 1 N–H and O–H groups in total. The summed E-state index contributed by atoms with van der Waals surface area (Å²) < 4.78 is 1.32. The summed E-state index contributed by atoms with van der Waals surface area (Å²) in [5.41, 5.74) is 0.713. The summed E-state index contributed by atoms with van der Waals surface area (Å²) in [5, 5.41) is 16.1. The SMILES string of the molecule is CC(C)(C)c1cn(CC(=O)O)nn1. The summed E-state index contributed by atoms with van der Waals surface area (Å²) in [7, 11) is 0. The molecule has 0 unspecified atom stereocenters. The van der Waals surface area contributed by atoms with Gasteiger partial charge >= 0.3 is 5.97 Å². The highest BCUT2D eigenvalue weighted by molar-refractivity contribution is 5.66. The Morgan fingerprint density at radius 2 is 2.23 bits per heavy atom. The summed E-state index contributed by atoms with van der Waals surface area (Å²) in [5.74, 6) is -0.912. The summed E-state index contributed by atoms with van der Waals surface area (Å²) in [4.78, 5) is 10.3. The van der Waals surface area contributed by atoms with Crippen LogP contribution in [0.15, 0.2) is 6.20 Å².